The molecule has 2 heterocycles. The number of aryl methyl sites for hydroxylation is 1. The predicted molar refractivity (Wildman–Crippen MR) is 126 cm³/mol. The zero-order valence-electron chi connectivity index (χ0n) is 19.7. The molecule has 1 amide bonds. The van der Waals surface area contributed by atoms with Gasteiger partial charge in [0.25, 0.3) is 5.91 Å². The van der Waals surface area contributed by atoms with Crippen LogP contribution in [0.2, 0.25) is 0 Å². The van der Waals surface area contributed by atoms with E-state index in [0.29, 0.717) is 22.4 Å². The van der Waals surface area contributed by atoms with Crippen molar-refractivity contribution < 1.29 is 13.2 Å². The van der Waals surface area contributed by atoms with Crippen molar-refractivity contribution in [1.82, 2.24) is 23.8 Å². The fourth-order valence-electron chi connectivity index (χ4n) is 3.43. The number of rotatable bonds is 6. The van der Waals surface area contributed by atoms with E-state index in [4.69, 9.17) is 4.98 Å². The monoisotopic (exact) mass is 457 g/mol. The van der Waals surface area contributed by atoms with Gasteiger partial charge in [0.15, 0.2) is 5.65 Å². The van der Waals surface area contributed by atoms with Crippen molar-refractivity contribution in [2.24, 2.45) is 0 Å². The first-order valence-corrected chi connectivity index (χ1v) is 12.0. The summed E-state index contributed by atoms with van der Waals surface area (Å²) in [7, 11) is -2.62. The van der Waals surface area contributed by atoms with Crippen molar-refractivity contribution >= 4 is 27.1 Å². The summed E-state index contributed by atoms with van der Waals surface area (Å²) in [4.78, 5) is 18.0. The Morgan fingerprint density at radius 1 is 1.19 bits per heavy atom. The summed E-state index contributed by atoms with van der Waals surface area (Å²) in [5, 5.41) is 5.16. The molecule has 0 unspecified atom stereocenters. The normalized spacial score (nSPS) is 12.7. The van der Waals surface area contributed by atoms with Gasteiger partial charge in [0, 0.05) is 19.3 Å². The van der Waals surface area contributed by atoms with Crippen LogP contribution in [0.3, 0.4) is 0 Å². The number of hydrogen-bond acceptors (Lipinski definition) is 5. The number of pyridine rings is 1. The van der Waals surface area contributed by atoms with Crippen LogP contribution in [0.1, 0.15) is 67.8 Å². The maximum atomic E-state index is 13.2. The summed E-state index contributed by atoms with van der Waals surface area (Å²) in [5.74, 6) is -0.650. The second-order valence-corrected chi connectivity index (χ2v) is 11.1. The van der Waals surface area contributed by atoms with Gasteiger partial charge in [-0.2, -0.15) is 17.8 Å². The molecule has 0 radical (unpaired) electrons. The number of aromatic nitrogens is 3. The molecule has 8 nitrogen and oxygen atoms in total. The molecule has 0 atom stereocenters. The molecule has 32 heavy (non-hydrogen) atoms. The third-order valence-electron chi connectivity index (χ3n) is 5.18. The molecule has 9 heteroatoms. The van der Waals surface area contributed by atoms with Crippen molar-refractivity contribution in [3.8, 4) is 0 Å². The quantitative estimate of drug-likeness (QED) is 0.608. The first-order valence-electron chi connectivity index (χ1n) is 10.5. The van der Waals surface area contributed by atoms with Gasteiger partial charge in [-0.1, -0.05) is 44.2 Å². The Morgan fingerprint density at radius 2 is 1.81 bits per heavy atom. The highest BCUT2D eigenvalue weighted by molar-refractivity contribution is 7.87. The van der Waals surface area contributed by atoms with E-state index in [-0.39, 0.29) is 23.6 Å². The van der Waals surface area contributed by atoms with Crippen molar-refractivity contribution in [3.05, 3.63) is 58.9 Å². The molecule has 0 saturated heterocycles. The van der Waals surface area contributed by atoms with Gasteiger partial charge in [0.2, 0.25) is 0 Å². The summed E-state index contributed by atoms with van der Waals surface area (Å²) in [6.45, 7) is 11.9. The van der Waals surface area contributed by atoms with E-state index in [1.807, 2.05) is 65.0 Å². The minimum atomic E-state index is -4.06. The van der Waals surface area contributed by atoms with Crippen molar-refractivity contribution in [2.45, 2.75) is 59.5 Å². The number of nitrogens with one attached hydrogen (secondary N) is 1. The van der Waals surface area contributed by atoms with Crippen LogP contribution in [0, 0.1) is 6.92 Å². The highest BCUT2D eigenvalue weighted by Crippen LogP contribution is 2.29. The minimum Gasteiger partial charge on any atom is -0.268 e. The Balaban J connectivity index is 2.02. The number of carbonyl (C=O) groups excluding carboxylic acids is 1. The van der Waals surface area contributed by atoms with E-state index < -0.39 is 16.1 Å². The molecule has 0 aliphatic carbocycles. The van der Waals surface area contributed by atoms with Crippen LogP contribution >= 0.6 is 0 Å². The zero-order chi connectivity index (χ0) is 23.8. The van der Waals surface area contributed by atoms with Gasteiger partial charge in [-0.25, -0.2) is 14.4 Å². The highest BCUT2D eigenvalue weighted by Gasteiger charge is 2.28. The van der Waals surface area contributed by atoms with E-state index in [9.17, 15) is 13.2 Å². The van der Waals surface area contributed by atoms with Gasteiger partial charge in [-0.3, -0.25) is 4.79 Å². The number of fused-ring (bicyclic) bond motifs is 1. The van der Waals surface area contributed by atoms with E-state index >= 15 is 0 Å². The molecule has 0 bridgehead atoms. The Morgan fingerprint density at radius 3 is 2.38 bits per heavy atom. The smallest absolute Gasteiger partial charge is 0.268 e. The molecular formula is C23H31N5O3S. The van der Waals surface area contributed by atoms with Gasteiger partial charge in [0.1, 0.15) is 0 Å². The average molecular weight is 458 g/mol. The van der Waals surface area contributed by atoms with E-state index in [1.165, 1.54) is 7.05 Å². The predicted octanol–water partition coefficient (Wildman–Crippen LogP) is 3.72. The Labute approximate surface area is 189 Å². The van der Waals surface area contributed by atoms with E-state index in [1.54, 1.807) is 17.7 Å². The fourth-order valence-corrected chi connectivity index (χ4v) is 4.25. The summed E-state index contributed by atoms with van der Waals surface area (Å²) >= 11 is 0. The third-order valence-corrected chi connectivity index (χ3v) is 6.58. The maximum absolute atomic E-state index is 13.2. The fraction of sp³-hybridized carbons (Fsp3) is 0.435. The Hall–Kier alpha value is -2.78. The Bertz CT molecular complexity index is 1240. The van der Waals surface area contributed by atoms with Crippen LogP contribution < -0.4 is 4.72 Å². The number of nitrogens with zero attached hydrogens (tertiary/aromatic N) is 4. The summed E-state index contributed by atoms with van der Waals surface area (Å²) in [5.41, 5.74) is 2.61. The average Bonchev–Trinajstić information content (AvgIpc) is 3.04. The van der Waals surface area contributed by atoms with E-state index in [2.05, 4.69) is 9.82 Å². The number of hydrogen-bond donors (Lipinski definition) is 1. The van der Waals surface area contributed by atoms with Gasteiger partial charge in [0.05, 0.1) is 22.2 Å². The van der Waals surface area contributed by atoms with Crippen LogP contribution in [-0.2, 0) is 22.3 Å². The molecule has 0 spiro atoms. The molecule has 0 saturated carbocycles. The second-order valence-electron chi connectivity index (χ2n) is 9.29. The molecule has 0 fully saturated rings. The molecular weight excluding hydrogens is 426 g/mol. The number of amides is 1. The van der Waals surface area contributed by atoms with Gasteiger partial charge in [-0.05, 0) is 45.2 Å². The van der Waals surface area contributed by atoms with Gasteiger partial charge < -0.3 is 0 Å². The number of carbonyl (C=O) groups is 1. The van der Waals surface area contributed by atoms with Crippen LogP contribution in [0.4, 0.5) is 0 Å². The summed E-state index contributed by atoms with van der Waals surface area (Å²) in [6, 6.07) is 10.9. The Kier molecular flexibility index (Phi) is 6.44. The first-order chi connectivity index (χ1) is 14.8. The molecule has 0 aliphatic rings. The molecule has 172 valence electrons. The van der Waals surface area contributed by atoms with Crippen molar-refractivity contribution in [1.29, 1.82) is 0 Å². The lowest BCUT2D eigenvalue weighted by Crippen LogP contribution is -2.41. The minimum absolute atomic E-state index is 0.0481. The standard InChI is InChI=1S/C23H31N5O3S/c1-15(2)19-13-18(20-16(3)25-28(21(20)24-19)23(4,5)6)22(29)26-32(30,31)27(7)14-17-11-9-8-10-12-17/h8-13,15H,14H2,1-7H3,(H,26,29). The molecule has 1 aromatic carbocycles. The lowest BCUT2D eigenvalue weighted by molar-refractivity contribution is 0.0980. The molecule has 0 aliphatic heterocycles. The molecule has 3 rings (SSSR count). The summed E-state index contributed by atoms with van der Waals surface area (Å²) < 4.78 is 30.9. The van der Waals surface area contributed by atoms with Crippen LogP contribution in [0.5, 0.6) is 0 Å². The van der Waals surface area contributed by atoms with Crippen molar-refractivity contribution in [2.75, 3.05) is 7.05 Å². The largest absolute Gasteiger partial charge is 0.304 e. The molecule has 2 aromatic heterocycles. The summed E-state index contributed by atoms with van der Waals surface area (Å²) in [6.07, 6.45) is 0. The first kappa shape index (κ1) is 23.9. The second kappa shape index (κ2) is 8.63. The lowest BCUT2D eigenvalue weighted by atomic mass is 10.0. The molecule has 1 N–H and O–H groups in total. The van der Waals surface area contributed by atoms with Gasteiger partial charge >= 0.3 is 10.2 Å². The third kappa shape index (κ3) is 4.83. The van der Waals surface area contributed by atoms with E-state index in [0.717, 1.165) is 9.87 Å². The zero-order valence-corrected chi connectivity index (χ0v) is 20.5. The SMILES string of the molecule is Cc1nn(C(C)(C)C)c2nc(C(C)C)cc(C(=O)NS(=O)(=O)N(C)Cc3ccccc3)c12. The van der Waals surface area contributed by atoms with Crippen molar-refractivity contribution in [3.63, 3.8) is 0 Å². The highest BCUT2D eigenvalue weighted by atomic mass is 32.2. The van der Waals surface area contributed by atoms with Crippen LogP contribution in [-0.4, -0.2) is 40.4 Å². The maximum Gasteiger partial charge on any atom is 0.304 e. The number of benzene rings is 1. The topological polar surface area (TPSA) is 97.2 Å². The van der Waals surface area contributed by atoms with Crippen LogP contribution in [0.25, 0.3) is 11.0 Å². The lowest BCUT2D eigenvalue weighted by Gasteiger charge is -2.21. The van der Waals surface area contributed by atoms with Crippen LogP contribution in [0.15, 0.2) is 36.4 Å². The molecule has 3 aromatic rings. The van der Waals surface area contributed by atoms with Gasteiger partial charge in [-0.15, -0.1) is 0 Å².